The lowest BCUT2D eigenvalue weighted by Crippen LogP contribution is -2.25. The number of rotatable bonds is 15. The molecule has 13 nitrogen and oxygen atoms in total. The number of hydrogen-bond acceptors (Lipinski definition) is 11. The van der Waals surface area contributed by atoms with Gasteiger partial charge in [-0.05, 0) is 83.6 Å². The second-order valence-electron chi connectivity index (χ2n) is 12.5. The fourth-order valence-corrected chi connectivity index (χ4v) is 8.14. The first-order valence-electron chi connectivity index (χ1n) is 16.7. The summed E-state index contributed by atoms with van der Waals surface area (Å²) in [5, 5.41) is 15.5. The molecule has 2 unspecified atom stereocenters. The fraction of sp³-hybridized carbons (Fsp3) is 0.333. The van der Waals surface area contributed by atoms with Crippen molar-refractivity contribution in [1.82, 2.24) is 20.6 Å². The predicted octanol–water partition coefficient (Wildman–Crippen LogP) is 8.30. The number of carbonyl (C=O) groups is 2. The van der Waals surface area contributed by atoms with Crippen LogP contribution in [0.2, 0.25) is 0 Å². The number of carbonyl (C=O) groups excluding carboxylic acids is 2. The SMILES string of the molecule is C[C@H](OC(=O)NCc1ccnc(SCP(C)(=O)O)c1)c1ccc(C(F)(F)F)cc1.Cc1cc(CO)ccc1COC(=O)NCc1ccnc(SCP(C)(=O)O)c1. The summed E-state index contributed by atoms with van der Waals surface area (Å²) in [6.45, 7) is 6.54. The van der Waals surface area contributed by atoms with Gasteiger partial charge in [-0.15, -0.1) is 0 Å². The molecule has 5 N–H and O–H groups in total. The summed E-state index contributed by atoms with van der Waals surface area (Å²) in [4.78, 5) is 50.8. The number of amides is 2. The molecule has 2 aromatic carbocycles. The van der Waals surface area contributed by atoms with E-state index in [2.05, 4.69) is 20.6 Å². The number of pyridine rings is 2. The molecule has 0 aliphatic rings. The highest BCUT2D eigenvalue weighted by Gasteiger charge is 2.30. The van der Waals surface area contributed by atoms with Crippen LogP contribution in [0.5, 0.6) is 0 Å². The molecule has 2 amide bonds. The molecule has 4 rings (SSSR count). The zero-order chi connectivity index (χ0) is 41.5. The molecule has 0 bridgehead atoms. The average molecular weight is 859 g/mol. The van der Waals surface area contributed by atoms with E-state index in [9.17, 15) is 41.7 Å². The summed E-state index contributed by atoms with van der Waals surface area (Å²) >= 11 is 2.34. The van der Waals surface area contributed by atoms with Gasteiger partial charge in [-0.25, -0.2) is 19.6 Å². The Kier molecular flexibility index (Phi) is 17.9. The summed E-state index contributed by atoms with van der Waals surface area (Å²) in [6, 6.07) is 16.7. The molecule has 0 saturated heterocycles. The van der Waals surface area contributed by atoms with E-state index in [1.54, 1.807) is 43.5 Å². The summed E-state index contributed by atoms with van der Waals surface area (Å²) in [6.07, 6.45) is -3.31. The van der Waals surface area contributed by atoms with E-state index in [4.69, 9.17) is 14.6 Å². The van der Waals surface area contributed by atoms with E-state index < -0.39 is 44.8 Å². The van der Waals surface area contributed by atoms with Gasteiger partial charge in [0.2, 0.25) is 14.7 Å². The fourth-order valence-electron chi connectivity index (χ4n) is 4.42. The Morgan fingerprint density at radius 2 is 1.32 bits per heavy atom. The van der Waals surface area contributed by atoms with Crippen LogP contribution in [0.3, 0.4) is 0 Å². The number of ether oxygens (including phenoxy) is 2. The number of nitrogens with one attached hydrogen (secondary N) is 2. The smallest absolute Gasteiger partial charge is 0.416 e. The van der Waals surface area contributed by atoms with Gasteiger partial charge >= 0.3 is 18.4 Å². The van der Waals surface area contributed by atoms with Gasteiger partial charge in [0, 0.05) is 38.8 Å². The largest absolute Gasteiger partial charge is 0.445 e. The first-order valence-corrected chi connectivity index (χ1v) is 23.2. The Hall–Kier alpha value is -3.89. The highest BCUT2D eigenvalue weighted by atomic mass is 32.2. The molecular weight excluding hydrogens is 815 g/mol. The van der Waals surface area contributed by atoms with Gasteiger partial charge in [-0.3, -0.25) is 9.13 Å². The number of aliphatic hydroxyl groups excluding tert-OH is 1. The molecule has 2 heterocycles. The Balaban J connectivity index is 0.000000301. The molecule has 3 atom stereocenters. The zero-order valence-corrected chi connectivity index (χ0v) is 34.3. The van der Waals surface area contributed by atoms with Gasteiger partial charge in [0.05, 0.1) is 33.2 Å². The normalized spacial score (nSPS) is 13.9. The Bertz CT molecular complexity index is 2020. The van der Waals surface area contributed by atoms with Crippen LogP contribution in [-0.2, 0) is 51.1 Å². The van der Waals surface area contributed by atoms with Crippen molar-refractivity contribution in [3.8, 4) is 0 Å². The summed E-state index contributed by atoms with van der Waals surface area (Å²) < 4.78 is 70.9. The summed E-state index contributed by atoms with van der Waals surface area (Å²) in [7, 11) is -6.27. The summed E-state index contributed by atoms with van der Waals surface area (Å²) in [5.41, 5.74) is 3.94. The Morgan fingerprint density at radius 1 is 0.804 bits per heavy atom. The first kappa shape index (κ1) is 46.5. The highest BCUT2D eigenvalue weighted by molar-refractivity contribution is 8.05. The molecule has 20 heteroatoms. The quantitative estimate of drug-likeness (QED) is 0.0566. The molecule has 304 valence electrons. The number of hydrogen-bond donors (Lipinski definition) is 5. The molecule has 4 aromatic rings. The second-order valence-corrected chi connectivity index (χ2v) is 20.2. The van der Waals surface area contributed by atoms with Crippen LogP contribution in [0.1, 0.15) is 52.0 Å². The topological polar surface area (TPSA) is 197 Å². The van der Waals surface area contributed by atoms with Crippen LogP contribution in [0.15, 0.2) is 89.2 Å². The van der Waals surface area contributed by atoms with Gasteiger partial charge in [-0.2, -0.15) is 13.2 Å². The number of aryl methyl sites for hydroxylation is 1. The number of benzene rings is 2. The lowest BCUT2D eigenvalue weighted by Gasteiger charge is -2.15. The average Bonchev–Trinajstić information content (AvgIpc) is 3.14. The van der Waals surface area contributed by atoms with E-state index in [1.807, 2.05) is 19.1 Å². The maximum Gasteiger partial charge on any atom is 0.416 e. The number of aromatic nitrogens is 2. The van der Waals surface area contributed by atoms with Gasteiger partial charge in [-0.1, -0.05) is 53.9 Å². The second kappa shape index (κ2) is 21.6. The van der Waals surface area contributed by atoms with Gasteiger partial charge in [0.15, 0.2) is 0 Å². The number of alkyl halides is 3. The first-order chi connectivity index (χ1) is 26.2. The number of halogens is 3. The number of thioether (sulfide) groups is 2. The van der Waals surface area contributed by atoms with E-state index in [-0.39, 0.29) is 37.3 Å². The molecule has 2 aromatic heterocycles. The monoisotopic (exact) mass is 858 g/mol. The standard InChI is InChI=1S/C18H20F3N2O4PS.C18H23N2O5PS/c1-12(14-3-5-15(6-4-14)18(19,20)21)27-17(24)23-10-13-7-8-22-16(9-13)29-11-28(2,25)26;1-13-7-15(10-21)3-4-16(13)11-25-18(22)20-9-14-5-6-19-17(8-14)27-12-26(2,23)24/h3-9,12H,10-11H2,1-2H3,(H,23,24)(H,25,26);3-8,21H,9-12H2,1-2H3,(H,20,22)(H,23,24)/t12-;/m0./s1. The number of nitrogens with zero attached hydrogens (tertiary/aromatic N) is 2. The van der Waals surface area contributed by atoms with Crippen molar-refractivity contribution in [2.45, 2.75) is 62.5 Å². The van der Waals surface area contributed by atoms with Crippen LogP contribution in [0.4, 0.5) is 22.8 Å². The van der Waals surface area contributed by atoms with Crippen LogP contribution in [-0.4, -0.2) is 61.4 Å². The Labute approximate surface area is 331 Å². The van der Waals surface area contributed by atoms with Gasteiger partial charge < -0.3 is 35.0 Å². The van der Waals surface area contributed by atoms with E-state index in [1.165, 1.54) is 43.4 Å². The molecule has 0 saturated carbocycles. The van der Waals surface area contributed by atoms with E-state index in [0.29, 0.717) is 21.2 Å². The molecule has 0 aliphatic carbocycles. The minimum atomic E-state index is -4.42. The van der Waals surface area contributed by atoms with Crippen LogP contribution in [0.25, 0.3) is 0 Å². The molecule has 0 radical (unpaired) electrons. The van der Waals surface area contributed by atoms with E-state index in [0.717, 1.165) is 46.1 Å². The number of alkyl carbamates (subject to hydrolysis) is 2. The third kappa shape index (κ3) is 17.9. The van der Waals surface area contributed by atoms with Crippen molar-refractivity contribution in [2.24, 2.45) is 0 Å². The minimum absolute atomic E-state index is 0.0250. The van der Waals surface area contributed by atoms with Gasteiger partial charge in [0.1, 0.15) is 12.7 Å². The van der Waals surface area contributed by atoms with Crippen molar-refractivity contribution < 1.29 is 56.3 Å². The molecule has 0 fully saturated rings. The van der Waals surface area contributed by atoms with Crippen molar-refractivity contribution in [3.05, 3.63) is 118 Å². The maximum atomic E-state index is 12.6. The summed E-state index contributed by atoms with van der Waals surface area (Å²) in [5.74, 6) is 0. The van der Waals surface area contributed by atoms with Crippen LogP contribution in [0, 0.1) is 6.92 Å². The lowest BCUT2D eigenvalue weighted by atomic mass is 10.1. The molecule has 0 aliphatic heterocycles. The van der Waals surface area contributed by atoms with E-state index >= 15 is 0 Å². The lowest BCUT2D eigenvalue weighted by molar-refractivity contribution is -0.137. The van der Waals surface area contributed by atoms with Crippen LogP contribution < -0.4 is 10.6 Å². The van der Waals surface area contributed by atoms with Gasteiger partial charge in [0.25, 0.3) is 0 Å². The highest BCUT2D eigenvalue weighted by Crippen LogP contribution is 2.42. The van der Waals surface area contributed by atoms with Crippen molar-refractivity contribution in [3.63, 3.8) is 0 Å². The third-order valence-electron chi connectivity index (χ3n) is 7.32. The van der Waals surface area contributed by atoms with Crippen molar-refractivity contribution >= 4 is 50.4 Å². The molecule has 0 spiro atoms. The zero-order valence-electron chi connectivity index (χ0n) is 30.9. The Morgan fingerprint density at radius 3 is 1.79 bits per heavy atom. The van der Waals surface area contributed by atoms with Crippen molar-refractivity contribution in [2.75, 3.05) is 24.3 Å². The van der Waals surface area contributed by atoms with Crippen LogP contribution >= 0.6 is 38.3 Å². The third-order valence-corrected chi connectivity index (χ3v) is 13.2. The minimum Gasteiger partial charge on any atom is -0.445 e. The number of aliphatic hydroxyl groups is 1. The molecule has 56 heavy (non-hydrogen) atoms. The maximum absolute atomic E-state index is 12.6. The predicted molar refractivity (Wildman–Crippen MR) is 209 cm³/mol. The van der Waals surface area contributed by atoms with Crippen molar-refractivity contribution in [1.29, 1.82) is 0 Å². The molecular formula is C36H43F3N4O9P2S2.